The predicted octanol–water partition coefficient (Wildman–Crippen LogP) is 13.6. The average molecular weight is 831 g/mol. The molecular weight excluding hydrogens is 739 g/mol. The zero-order valence-electron chi connectivity index (χ0n) is 39.0. The van der Waals surface area contributed by atoms with Crippen molar-refractivity contribution in [3.63, 3.8) is 0 Å². The fraction of sp³-hybridized carbons (Fsp3) is 0.784. The van der Waals surface area contributed by atoms with Crippen LogP contribution in [0.25, 0.3) is 0 Å². The van der Waals surface area contributed by atoms with Gasteiger partial charge in [0.1, 0.15) is 6.61 Å². The first kappa shape index (κ1) is 56.3. The fourth-order valence-electron chi connectivity index (χ4n) is 6.96. The summed E-state index contributed by atoms with van der Waals surface area (Å²) in [5, 5.41) is 9.64. The number of aliphatic carboxylic acids is 1. The summed E-state index contributed by atoms with van der Waals surface area (Å²) in [5.74, 6) is -1.48. The molecule has 0 rings (SSSR count). The van der Waals surface area contributed by atoms with E-state index in [1.165, 1.54) is 128 Å². The number of allylic oxidation sites excluding steroid dienone is 8. The Hall–Kier alpha value is -2.71. The standard InChI is InChI=1S/C51H91NO7/c1-6-8-10-12-14-16-18-20-22-23-24-25-26-28-30-32-34-36-38-40-42-50(54)59-47(45-57-44-43-48(51(55)56)52(3,4)5)46-58-49(53)41-39-37-35-33-31-29-27-21-19-17-15-13-11-9-7-2/h15-22,47-48H,6-14,23-46H2,1-5H3/p+1/b17-15+,18-16+,21-19+,22-20+. The Bertz CT molecular complexity index is 1110. The SMILES string of the molecule is CCCCC/C=C/C=C/CCCCCCCCC(=O)OCC(COCCC(C(=O)O)[N+](C)(C)C)OC(=O)CCCCCCCCCCCC/C=C/C=C/CCCCCC. The van der Waals surface area contributed by atoms with Crippen LogP contribution < -0.4 is 0 Å². The molecule has 59 heavy (non-hydrogen) atoms. The molecule has 8 heteroatoms. The molecule has 0 aliphatic rings. The number of quaternary nitrogens is 1. The number of rotatable bonds is 43. The number of nitrogens with zero attached hydrogens (tertiary/aromatic N) is 1. The first-order valence-corrected chi connectivity index (χ1v) is 24.2. The Morgan fingerprint density at radius 1 is 0.508 bits per heavy atom. The molecule has 8 nitrogen and oxygen atoms in total. The number of carboxylic acid groups (broad SMARTS) is 1. The summed E-state index contributed by atoms with van der Waals surface area (Å²) in [6.07, 6.45) is 50.0. The van der Waals surface area contributed by atoms with Gasteiger partial charge in [-0.2, -0.15) is 0 Å². The zero-order chi connectivity index (χ0) is 43.5. The van der Waals surface area contributed by atoms with Gasteiger partial charge in [-0.05, 0) is 64.2 Å². The molecule has 0 radical (unpaired) electrons. The molecule has 0 aromatic carbocycles. The molecule has 0 bridgehead atoms. The van der Waals surface area contributed by atoms with Crippen LogP contribution in [-0.4, -0.2) is 80.6 Å². The minimum absolute atomic E-state index is 0.0558. The van der Waals surface area contributed by atoms with Gasteiger partial charge in [0, 0.05) is 19.3 Å². The monoisotopic (exact) mass is 831 g/mol. The van der Waals surface area contributed by atoms with Crippen LogP contribution in [-0.2, 0) is 28.6 Å². The van der Waals surface area contributed by atoms with E-state index in [9.17, 15) is 19.5 Å². The van der Waals surface area contributed by atoms with E-state index in [0.29, 0.717) is 19.3 Å². The minimum Gasteiger partial charge on any atom is -0.477 e. The Kier molecular flexibility index (Phi) is 40.1. The molecule has 0 saturated carbocycles. The van der Waals surface area contributed by atoms with Crippen LogP contribution in [0.4, 0.5) is 0 Å². The lowest BCUT2D eigenvalue weighted by Gasteiger charge is -2.31. The van der Waals surface area contributed by atoms with Crippen LogP contribution in [0.15, 0.2) is 48.6 Å². The number of ether oxygens (including phenoxy) is 3. The third kappa shape index (κ3) is 40.5. The van der Waals surface area contributed by atoms with Gasteiger partial charge < -0.3 is 23.8 Å². The third-order valence-electron chi connectivity index (χ3n) is 10.8. The summed E-state index contributed by atoms with van der Waals surface area (Å²) in [6.45, 7) is 4.68. The molecule has 0 amide bonds. The highest BCUT2D eigenvalue weighted by Crippen LogP contribution is 2.15. The van der Waals surface area contributed by atoms with Crippen molar-refractivity contribution in [1.82, 2.24) is 0 Å². The van der Waals surface area contributed by atoms with Gasteiger partial charge in [0.25, 0.3) is 0 Å². The van der Waals surface area contributed by atoms with Crippen LogP contribution >= 0.6 is 0 Å². The summed E-state index contributed by atoms with van der Waals surface area (Å²) in [6, 6.07) is -0.618. The third-order valence-corrected chi connectivity index (χ3v) is 10.8. The maximum absolute atomic E-state index is 12.8. The average Bonchev–Trinajstić information content (AvgIpc) is 3.19. The number of carbonyl (C=O) groups excluding carboxylic acids is 2. The second kappa shape index (κ2) is 42.0. The number of carbonyl (C=O) groups is 3. The number of unbranched alkanes of at least 4 members (excludes halogenated alkanes) is 23. The second-order valence-electron chi connectivity index (χ2n) is 17.4. The van der Waals surface area contributed by atoms with Gasteiger partial charge >= 0.3 is 17.9 Å². The largest absolute Gasteiger partial charge is 0.477 e. The van der Waals surface area contributed by atoms with E-state index in [1.54, 1.807) is 0 Å². The summed E-state index contributed by atoms with van der Waals surface area (Å²) in [7, 11) is 5.53. The van der Waals surface area contributed by atoms with E-state index in [1.807, 2.05) is 21.1 Å². The molecule has 0 heterocycles. The molecule has 0 aromatic heterocycles. The first-order valence-electron chi connectivity index (χ1n) is 24.2. The highest BCUT2D eigenvalue weighted by Gasteiger charge is 2.31. The van der Waals surface area contributed by atoms with E-state index in [4.69, 9.17) is 14.2 Å². The molecule has 0 saturated heterocycles. The summed E-state index contributed by atoms with van der Waals surface area (Å²) < 4.78 is 17.3. The molecule has 0 aliphatic carbocycles. The predicted molar refractivity (Wildman–Crippen MR) is 248 cm³/mol. The van der Waals surface area contributed by atoms with Crippen LogP contribution in [0.5, 0.6) is 0 Å². The van der Waals surface area contributed by atoms with Crippen LogP contribution in [0.3, 0.4) is 0 Å². The van der Waals surface area contributed by atoms with Gasteiger partial charge in [-0.3, -0.25) is 9.59 Å². The van der Waals surface area contributed by atoms with E-state index >= 15 is 0 Å². The highest BCUT2D eigenvalue weighted by atomic mass is 16.6. The van der Waals surface area contributed by atoms with Crippen molar-refractivity contribution >= 4 is 17.9 Å². The molecule has 2 unspecified atom stereocenters. The topological polar surface area (TPSA) is 99.1 Å². The first-order chi connectivity index (χ1) is 28.6. The number of likely N-dealkylation sites (N-methyl/N-ethyl adjacent to an activating group) is 1. The molecular formula is C51H92NO7+. The second-order valence-corrected chi connectivity index (χ2v) is 17.4. The Morgan fingerprint density at radius 3 is 1.31 bits per heavy atom. The molecule has 0 aromatic rings. The van der Waals surface area contributed by atoms with E-state index in [2.05, 4.69) is 62.5 Å². The molecule has 342 valence electrons. The van der Waals surface area contributed by atoms with Crippen molar-refractivity contribution in [3.8, 4) is 0 Å². The molecule has 1 N–H and O–H groups in total. The van der Waals surface area contributed by atoms with Gasteiger partial charge in [0.2, 0.25) is 0 Å². The van der Waals surface area contributed by atoms with E-state index < -0.39 is 18.1 Å². The lowest BCUT2D eigenvalue weighted by Crippen LogP contribution is -2.50. The maximum atomic E-state index is 12.8. The highest BCUT2D eigenvalue weighted by molar-refractivity contribution is 5.72. The summed E-state index contributed by atoms with van der Waals surface area (Å²) in [4.78, 5) is 37.1. The van der Waals surface area contributed by atoms with Gasteiger partial charge in [0.05, 0.1) is 34.4 Å². The Morgan fingerprint density at radius 2 is 0.881 bits per heavy atom. The van der Waals surface area contributed by atoms with Crippen molar-refractivity contribution < 1.29 is 38.2 Å². The summed E-state index contributed by atoms with van der Waals surface area (Å²) in [5.41, 5.74) is 0. The van der Waals surface area contributed by atoms with Crippen LogP contribution in [0, 0.1) is 0 Å². The van der Waals surface area contributed by atoms with E-state index in [-0.39, 0.29) is 36.2 Å². The van der Waals surface area contributed by atoms with Gasteiger partial charge in [-0.15, -0.1) is 0 Å². The lowest BCUT2D eigenvalue weighted by molar-refractivity contribution is -0.887. The minimum atomic E-state index is -0.877. The van der Waals surface area contributed by atoms with Gasteiger partial charge in [0.15, 0.2) is 12.1 Å². The van der Waals surface area contributed by atoms with Gasteiger partial charge in [-0.25, -0.2) is 4.79 Å². The van der Waals surface area contributed by atoms with E-state index in [0.717, 1.165) is 44.9 Å². The fourth-order valence-corrected chi connectivity index (χ4v) is 6.96. The van der Waals surface area contributed by atoms with Crippen molar-refractivity contribution in [3.05, 3.63) is 48.6 Å². The molecule has 0 spiro atoms. The summed E-state index contributed by atoms with van der Waals surface area (Å²) >= 11 is 0. The zero-order valence-corrected chi connectivity index (χ0v) is 39.0. The van der Waals surface area contributed by atoms with Crippen LogP contribution in [0.1, 0.15) is 206 Å². The number of carboxylic acids is 1. The lowest BCUT2D eigenvalue weighted by atomic mass is 10.1. The van der Waals surface area contributed by atoms with Crippen molar-refractivity contribution in [2.75, 3.05) is 41.0 Å². The molecule has 2 atom stereocenters. The quantitative estimate of drug-likeness (QED) is 0.0283. The molecule has 0 fully saturated rings. The van der Waals surface area contributed by atoms with Crippen molar-refractivity contribution in [2.45, 2.75) is 219 Å². The van der Waals surface area contributed by atoms with Crippen LogP contribution in [0.2, 0.25) is 0 Å². The number of hydrogen-bond donors (Lipinski definition) is 1. The smallest absolute Gasteiger partial charge is 0.362 e. The Labute approximate surface area is 363 Å². The number of hydrogen-bond acceptors (Lipinski definition) is 6. The van der Waals surface area contributed by atoms with Crippen molar-refractivity contribution in [2.24, 2.45) is 0 Å². The molecule has 0 aliphatic heterocycles. The Balaban J connectivity index is 4.30. The maximum Gasteiger partial charge on any atom is 0.362 e. The van der Waals surface area contributed by atoms with Gasteiger partial charge in [-0.1, -0.05) is 172 Å². The number of esters is 2. The van der Waals surface area contributed by atoms with Crippen molar-refractivity contribution in [1.29, 1.82) is 0 Å². The normalized spacial score (nSPS) is 13.3.